The summed E-state index contributed by atoms with van der Waals surface area (Å²) in [7, 11) is 0. The zero-order chi connectivity index (χ0) is 21.4. The lowest BCUT2D eigenvalue weighted by molar-refractivity contribution is -0.116. The summed E-state index contributed by atoms with van der Waals surface area (Å²) in [6.07, 6.45) is 2.12. The molecule has 4 heteroatoms. The first-order valence-electron chi connectivity index (χ1n) is 10.7. The van der Waals surface area contributed by atoms with Crippen molar-refractivity contribution >= 4 is 23.1 Å². The molecule has 0 spiro atoms. The predicted molar refractivity (Wildman–Crippen MR) is 123 cm³/mol. The van der Waals surface area contributed by atoms with Gasteiger partial charge in [0.25, 0.3) is 5.91 Å². The number of carbonyl (C=O) groups excluding carboxylic acids is 2. The Bertz CT molecular complexity index is 1180. The third-order valence-electron chi connectivity index (χ3n) is 6.07. The molecule has 0 saturated heterocycles. The van der Waals surface area contributed by atoms with Crippen LogP contribution in [-0.4, -0.2) is 11.7 Å². The van der Waals surface area contributed by atoms with E-state index in [0.717, 1.165) is 41.0 Å². The second-order valence-electron chi connectivity index (χ2n) is 8.17. The van der Waals surface area contributed by atoms with Crippen molar-refractivity contribution in [3.8, 4) is 0 Å². The highest BCUT2D eigenvalue weighted by Crippen LogP contribution is 2.45. The molecule has 1 aliphatic carbocycles. The van der Waals surface area contributed by atoms with Crippen molar-refractivity contribution in [2.75, 3.05) is 10.2 Å². The van der Waals surface area contributed by atoms with Gasteiger partial charge in [-0.05, 0) is 49.6 Å². The molecule has 0 aromatic heterocycles. The first-order chi connectivity index (χ1) is 15.1. The lowest BCUT2D eigenvalue weighted by atomic mass is 9.85. The lowest BCUT2D eigenvalue weighted by Crippen LogP contribution is -2.38. The van der Waals surface area contributed by atoms with Gasteiger partial charge in [0.05, 0.1) is 17.4 Å². The fourth-order valence-corrected chi connectivity index (χ4v) is 4.54. The summed E-state index contributed by atoms with van der Waals surface area (Å²) in [6.45, 7) is 2.04. The Hall–Kier alpha value is -3.66. The molecule has 1 unspecified atom stereocenters. The minimum atomic E-state index is -0.479. The number of hydrogen-bond donors (Lipinski definition) is 1. The molecule has 3 aromatic carbocycles. The monoisotopic (exact) mass is 408 g/mol. The number of ketones is 1. The summed E-state index contributed by atoms with van der Waals surface area (Å²) in [6, 6.07) is 24.8. The molecule has 4 nitrogen and oxygen atoms in total. The van der Waals surface area contributed by atoms with Gasteiger partial charge >= 0.3 is 0 Å². The highest BCUT2D eigenvalue weighted by molar-refractivity contribution is 6.11. The smallest absolute Gasteiger partial charge is 0.259 e. The van der Waals surface area contributed by atoms with Gasteiger partial charge < -0.3 is 5.32 Å². The summed E-state index contributed by atoms with van der Waals surface area (Å²) in [4.78, 5) is 29.0. The van der Waals surface area contributed by atoms with Crippen LogP contribution in [0.1, 0.15) is 46.8 Å². The van der Waals surface area contributed by atoms with Gasteiger partial charge in [0, 0.05) is 23.3 Å². The minimum absolute atomic E-state index is 0.109. The maximum Gasteiger partial charge on any atom is 0.259 e. The summed E-state index contributed by atoms with van der Waals surface area (Å²) in [5.74, 6) is -0.00876. The van der Waals surface area contributed by atoms with E-state index in [-0.39, 0.29) is 11.7 Å². The van der Waals surface area contributed by atoms with Gasteiger partial charge in [-0.2, -0.15) is 0 Å². The molecule has 0 fully saturated rings. The fourth-order valence-electron chi connectivity index (χ4n) is 4.54. The molecule has 1 atom stereocenters. The molecular weight excluding hydrogens is 384 g/mol. The second kappa shape index (κ2) is 7.88. The maximum atomic E-state index is 13.9. The Labute approximate surface area is 182 Å². The van der Waals surface area contributed by atoms with E-state index in [2.05, 4.69) is 5.32 Å². The van der Waals surface area contributed by atoms with Gasteiger partial charge in [0.1, 0.15) is 0 Å². The van der Waals surface area contributed by atoms with Crippen molar-refractivity contribution in [2.24, 2.45) is 0 Å². The van der Waals surface area contributed by atoms with Crippen LogP contribution in [0.15, 0.2) is 90.1 Å². The number of allylic oxidation sites excluding steroid dienone is 1. The normalized spacial score (nSPS) is 18.0. The SMILES string of the molecule is Cc1ccc(C2C3=C(CCCC3=O)Nc3ccccc3N2C(=O)c2ccccc2)cc1. The third kappa shape index (κ3) is 3.44. The van der Waals surface area contributed by atoms with Gasteiger partial charge in [-0.3, -0.25) is 14.5 Å². The summed E-state index contributed by atoms with van der Waals surface area (Å²) in [5.41, 5.74) is 5.94. The Morgan fingerprint density at radius 3 is 2.39 bits per heavy atom. The van der Waals surface area contributed by atoms with Crippen molar-refractivity contribution < 1.29 is 9.59 Å². The molecule has 31 heavy (non-hydrogen) atoms. The molecule has 1 amide bonds. The third-order valence-corrected chi connectivity index (χ3v) is 6.07. The summed E-state index contributed by atoms with van der Waals surface area (Å²) >= 11 is 0. The highest BCUT2D eigenvalue weighted by Gasteiger charge is 2.39. The van der Waals surface area contributed by atoms with Crippen LogP contribution in [0.2, 0.25) is 0 Å². The van der Waals surface area contributed by atoms with Crippen molar-refractivity contribution in [2.45, 2.75) is 32.2 Å². The van der Waals surface area contributed by atoms with Crippen LogP contribution in [0, 0.1) is 6.92 Å². The van der Waals surface area contributed by atoms with E-state index in [0.29, 0.717) is 17.6 Å². The Morgan fingerprint density at radius 1 is 0.903 bits per heavy atom. The highest BCUT2D eigenvalue weighted by atomic mass is 16.2. The Kier molecular flexibility index (Phi) is 4.91. The largest absolute Gasteiger partial charge is 0.357 e. The number of nitrogens with one attached hydrogen (secondary N) is 1. The van der Waals surface area contributed by atoms with Crippen molar-refractivity contribution in [1.82, 2.24) is 0 Å². The first-order valence-corrected chi connectivity index (χ1v) is 10.7. The average molecular weight is 409 g/mol. The average Bonchev–Trinajstić information content (AvgIpc) is 2.95. The quantitative estimate of drug-likeness (QED) is 0.582. The number of hydrogen-bond acceptors (Lipinski definition) is 3. The van der Waals surface area contributed by atoms with Gasteiger partial charge in [-0.15, -0.1) is 0 Å². The zero-order valence-electron chi connectivity index (χ0n) is 17.5. The van der Waals surface area contributed by atoms with Gasteiger partial charge in [-0.1, -0.05) is 60.2 Å². The summed E-state index contributed by atoms with van der Waals surface area (Å²) < 4.78 is 0. The van der Waals surface area contributed by atoms with Crippen molar-refractivity contribution in [1.29, 1.82) is 0 Å². The number of rotatable bonds is 2. The molecule has 1 heterocycles. The number of fused-ring (bicyclic) bond motifs is 1. The number of amides is 1. The Morgan fingerprint density at radius 2 is 1.61 bits per heavy atom. The molecule has 0 saturated carbocycles. The first kappa shape index (κ1) is 19.3. The molecule has 5 rings (SSSR count). The van der Waals surface area contributed by atoms with E-state index in [1.807, 2.05) is 85.8 Å². The van der Waals surface area contributed by atoms with Gasteiger partial charge in [-0.25, -0.2) is 0 Å². The van der Waals surface area contributed by atoms with Crippen LogP contribution in [0.5, 0.6) is 0 Å². The predicted octanol–water partition coefficient (Wildman–Crippen LogP) is 5.82. The summed E-state index contributed by atoms with van der Waals surface area (Å²) in [5, 5.41) is 3.50. The molecule has 0 bridgehead atoms. The Balaban J connectivity index is 1.78. The van der Waals surface area contributed by atoms with E-state index in [1.165, 1.54) is 0 Å². The maximum absolute atomic E-state index is 13.9. The number of anilines is 2. The van der Waals surface area contributed by atoms with Crippen molar-refractivity contribution in [3.63, 3.8) is 0 Å². The van der Waals surface area contributed by atoms with Crippen LogP contribution in [-0.2, 0) is 4.79 Å². The van der Waals surface area contributed by atoms with Crippen LogP contribution in [0.3, 0.4) is 0 Å². The van der Waals surface area contributed by atoms with Crippen LogP contribution >= 0.6 is 0 Å². The number of aryl methyl sites for hydroxylation is 1. The standard InChI is InChI=1S/C27H24N2O2/c1-18-14-16-19(17-15-18)26-25-22(11-7-13-24(25)30)28-21-10-5-6-12-23(21)29(26)27(31)20-8-3-2-4-9-20/h2-6,8-10,12,14-17,26,28H,7,11,13H2,1H3. The molecule has 1 aliphatic heterocycles. The van der Waals surface area contributed by atoms with E-state index in [9.17, 15) is 9.59 Å². The number of para-hydroxylation sites is 2. The van der Waals surface area contributed by atoms with Crippen molar-refractivity contribution in [3.05, 3.63) is 107 Å². The minimum Gasteiger partial charge on any atom is -0.357 e. The van der Waals surface area contributed by atoms with Gasteiger partial charge in [0.2, 0.25) is 0 Å². The number of nitrogens with zero attached hydrogens (tertiary/aromatic N) is 1. The topological polar surface area (TPSA) is 49.4 Å². The number of carbonyl (C=O) groups is 2. The van der Waals surface area contributed by atoms with Crippen LogP contribution in [0.25, 0.3) is 0 Å². The fraction of sp³-hybridized carbons (Fsp3) is 0.185. The van der Waals surface area contributed by atoms with Gasteiger partial charge in [0.15, 0.2) is 5.78 Å². The molecule has 3 aromatic rings. The van der Waals surface area contributed by atoms with E-state index < -0.39 is 6.04 Å². The lowest BCUT2D eigenvalue weighted by Gasteiger charge is -2.34. The van der Waals surface area contributed by atoms with Crippen LogP contribution in [0.4, 0.5) is 11.4 Å². The molecule has 154 valence electrons. The molecule has 2 aliphatic rings. The molecule has 0 radical (unpaired) electrons. The zero-order valence-corrected chi connectivity index (χ0v) is 17.5. The second-order valence-corrected chi connectivity index (χ2v) is 8.17. The van der Waals surface area contributed by atoms with Crippen LogP contribution < -0.4 is 10.2 Å². The number of benzene rings is 3. The molecular formula is C27H24N2O2. The van der Waals surface area contributed by atoms with E-state index >= 15 is 0 Å². The molecule has 1 N–H and O–H groups in total. The van der Waals surface area contributed by atoms with E-state index in [4.69, 9.17) is 0 Å². The van der Waals surface area contributed by atoms with E-state index in [1.54, 1.807) is 4.90 Å². The number of Topliss-reactive ketones (excluding diaryl/α,β-unsaturated/α-hetero) is 1.